The highest BCUT2D eigenvalue weighted by Gasteiger charge is 2.12. The molecule has 0 bridgehead atoms. The molecule has 0 aromatic rings. The Balaban J connectivity index is 3.68. The lowest BCUT2D eigenvalue weighted by Crippen LogP contribution is -2.42. The topological polar surface area (TPSA) is 32.3 Å². The molecule has 0 atom stereocenters. The van der Waals surface area contributed by atoms with Gasteiger partial charge in [0.25, 0.3) is 0 Å². The Kier molecular flexibility index (Phi) is 12.4. The van der Waals surface area contributed by atoms with Crippen LogP contribution in [0.4, 0.5) is 0 Å². The van der Waals surface area contributed by atoms with Crippen molar-refractivity contribution in [2.75, 3.05) is 13.1 Å². The van der Waals surface area contributed by atoms with Crippen LogP contribution in [0.2, 0.25) is 0 Å². The minimum Gasteiger partial charge on any atom is -0.355 e. The number of nitrogens with one attached hydrogen (secondary N) is 1. The molecule has 0 aliphatic heterocycles. The quantitative estimate of drug-likeness (QED) is 0.433. The molecule has 0 aliphatic rings. The van der Waals surface area contributed by atoms with Crippen molar-refractivity contribution in [3.63, 3.8) is 0 Å². The summed E-state index contributed by atoms with van der Waals surface area (Å²) in [5.74, 6) is 0.132. The first kappa shape index (κ1) is 20.2. The Morgan fingerprint density at radius 1 is 1.05 bits per heavy atom. The molecule has 0 rings (SSSR count). The second kappa shape index (κ2) is 12.9. The molecular weight excluding hydrogens is 260 g/mol. The van der Waals surface area contributed by atoms with Gasteiger partial charge in [-0.05, 0) is 40.5 Å². The average Bonchev–Trinajstić information content (AvgIpc) is 2.41. The molecule has 1 N–H and O–H groups in total. The zero-order valence-electron chi connectivity index (χ0n) is 14.8. The van der Waals surface area contributed by atoms with Crippen LogP contribution in [0.15, 0.2) is 12.2 Å². The van der Waals surface area contributed by atoms with Gasteiger partial charge in [-0.2, -0.15) is 0 Å². The highest BCUT2D eigenvalue weighted by Crippen LogP contribution is 2.04. The van der Waals surface area contributed by atoms with E-state index in [1.807, 2.05) is 6.08 Å². The standard InChI is InChI=1S/C18H36N2O/c1-6-7-8-9-10-11-12-13-18(21)19-14-15-20(16(2)3)17(4)5/h11-12,16-17H,6-10,13-15H2,1-5H3,(H,19,21)/b12-11+. The smallest absolute Gasteiger partial charge is 0.223 e. The van der Waals surface area contributed by atoms with Crippen molar-refractivity contribution >= 4 is 5.91 Å². The molecule has 21 heavy (non-hydrogen) atoms. The molecule has 1 amide bonds. The molecular formula is C18H36N2O. The second-order valence-electron chi connectivity index (χ2n) is 6.30. The van der Waals surface area contributed by atoms with Crippen LogP contribution < -0.4 is 5.32 Å². The van der Waals surface area contributed by atoms with Gasteiger partial charge in [-0.3, -0.25) is 9.69 Å². The van der Waals surface area contributed by atoms with Gasteiger partial charge in [-0.1, -0.05) is 38.3 Å². The van der Waals surface area contributed by atoms with Gasteiger partial charge in [-0.15, -0.1) is 0 Å². The van der Waals surface area contributed by atoms with Crippen molar-refractivity contribution < 1.29 is 4.79 Å². The summed E-state index contributed by atoms with van der Waals surface area (Å²) in [6, 6.07) is 1.04. The first-order valence-electron chi connectivity index (χ1n) is 8.66. The Hall–Kier alpha value is -0.830. The predicted molar refractivity (Wildman–Crippen MR) is 92.5 cm³/mol. The van der Waals surface area contributed by atoms with Gasteiger partial charge in [-0.25, -0.2) is 0 Å². The Morgan fingerprint density at radius 3 is 2.29 bits per heavy atom. The third-order valence-electron chi connectivity index (χ3n) is 3.71. The van der Waals surface area contributed by atoms with Crippen LogP contribution >= 0.6 is 0 Å². The number of unbranched alkanes of at least 4 members (excludes halogenated alkanes) is 4. The van der Waals surface area contributed by atoms with Gasteiger partial charge in [0.2, 0.25) is 5.91 Å². The van der Waals surface area contributed by atoms with E-state index in [0.717, 1.165) is 19.5 Å². The van der Waals surface area contributed by atoms with E-state index in [1.165, 1.54) is 25.7 Å². The number of amides is 1. The highest BCUT2D eigenvalue weighted by atomic mass is 16.1. The maximum absolute atomic E-state index is 11.7. The first-order chi connectivity index (χ1) is 9.99. The maximum atomic E-state index is 11.7. The third-order valence-corrected chi connectivity index (χ3v) is 3.71. The van der Waals surface area contributed by atoms with Crippen LogP contribution in [-0.4, -0.2) is 36.0 Å². The van der Waals surface area contributed by atoms with Gasteiger partial charge in [0, 0.05) is 31.6 Å². The van der Waals surface area contributed by atoms with Crippen molar-refractivity contribution in [3.05, 3.63) is 12.2 Å². The van der Waals surface area contributed by atoms with Crippen LogP contribution in [-0.2, 0) is 4.79 Å². The molecule has 0 aromatic heterocycles. The zero-order valence-corrected chi connectivity index (χ0v) is 14.8. The lowest BCUT2D eigenvalue weighted by Gasteiger charge is -2.30. The summed E-state index contributed by atoms with van der Waals surface area (Å²) in [6.45, 7) is 12.7. The largest absolute Gasteiger partial charge is 0.355 e. The van der Waals surface area contributed by atoms with Gasteiger partial charge in [0.05, 0.1) is 0 Å². The lowest BCUT2D eigenvalue weighted by atomic mass is 10.1. The minimum atomic E-state index is 0.132. The van der Waals surface area contributed by atoms with Crippen LogP contribution in [0.1, 0.15) is 73.1 Å². The summed E-state index contributed by atoms with van der Waals surface area (Å²) >= 11 is 0. The van der Waals surface area contributed by atoms with Gasteiger partial charge in [0.15, 0.2) is 0 Å². The van der Waals surface area contributed by atoms with Crippen molar-refractivity contribution in [2.24, 2.45) is 0 Å². The van der Waals surface area contributed by atoms with E-state index >= 15 is 0 Å². The van der Waals surface area contributed by atoms with E-state index < -0.39 is 0 Å². The fraction of sp³-hybridized carbons (Fsp3) is 0.833. The van der Waals surface area contributed by atoms with Crippen molar-refractivity contribution in [1.29, 1.82) is 0 Å². The maximum Gasteiger partial charge on any atom is 0.223 e. The lowest BCUT2D eigenvalue weighted by molar-refractivity contribution is -0.120. The molecule has 0 unspecified atom stereocenters. The molecule has 0 heterocycles. The average molecular weight is 296 g/mol. The van der Waals surface area contributed by atoms with E-state index in [9.17, 15) is 4.79 Å². The Bertz CT molecular complexity index is 277. The third kappa shape index (κ3) is 11.5. The van der Waals surface area contributed by atoms with E-state index in [2.05, 4.69) is 50.9 Å². The summed E-state index contributed by atoms with van der Waals surface area (Å²) in [7, 11) is 0. The molecule has 0 saturated carbocycles. The summed E-state index contributed by atoms with van der Waals surface area (Å²) in [5.41, 5.74) is 0. The summed E-state index contributed by atoms with van der Waals surface area (Å²) in [5, 5.41) is 3.00. The number of nitrogens with zero attached hydrogens (tertiary/aromatic N) is 1. The summed E-state index contributed by atoms with van der Waals surface area (Å²) in [4.78, 5) is 14.1. The van der Waals surface area contributed by atoms with Crippen LogP contribution in [0.3, 0.4) is 0 Å². The van der Waals surface area contributed by atoms with E-state index in [1.54, 1.807) is 0 Å². The minimum absolute atomic E-state index is 0.132. The summed E-state index contributed by atoms with van der Waals surface area (Å²) in [6.07, 6.45) is 10.9. The SMILES string of the molecule is CCCCCC/C=C/CC(=O)NCCN(C(C)C)C(C)C. The van der Waals surface area contributed by atoms with Gasteiger partial charge < -0.3 is 5.32 Å². The molecule has 0 aromatic carbocycles. The molecule has 0 fully saturated rings. The number of rotatable bonds is 12. The Morgan fingerprint density at radius 2 is 1.71 bits per heavy atom. The number of hydrogen-bond acceptors (Lipinski definition) is 2. The molecule has 124 valence electrons. The second-order valence-corrected chi connectivity index (χ2v) is 6.30. The van der Waals surface area contributed by atoms with Crippen molar-refractivity contribution in [1.82, 2.24) is 10.2 Å². The molecule has 3 nitrogen and oxygen atoms in total. The Labute approximate surface area is 132 Å². The predicted octanol–water partition coefficient (Wildman–Crippen LogP) is 4.14. The van der Waals surface area contributed by atoms with Gasteiger partial charge in [0.1, 0.15) is 0 Å². The van der Waals surface area contributed by atoms with Crippen molar-refractivity contribution in [3.8, 4) is 0 Å². The number of hydrogen-bond donors (Lipinski definition) is 1. The molecule has 0 radical (unpaired) electrons. The summed E-state index contributed by atoms with van der Waals surface area (Å²) < 4.78 is 0. The van der Waals surface area contributed by atoms with Gasteiger partial charge >= 0.3 is 0 Å². The van der Waals surface area contributed by atoms with Crippen molar-refractivity contribution in [2.45, 2.75) is 85.2 Å². The zero-order chi connectivity index (χ0) is 16.1. The molecule has 3 heteroatoms. The van der Waals surface area contributed by atoms with E-state index in [0.29, 0.717) is 18.5 Å². The molecule has 0 saturated heterocycles. The fourth-order valence-electron chi connectivity index (χ4n) is 2.51. The van der Waals surface area contributed by atoms with Crippen LogP contribution in [0.25, 0.3) is 0 Å². The van der Waals surface area contributed by atoms with E-state index in [-0.39, 0.29) is 5.91 Å². The van der Waals surface area contributed by atoms with Crippen LogP contribution in [0.5, 0.6) is 0 Å². The monoisotopic (exact) mass is 296 g/mol. The van der Waals surface area contributed by atoms with Crippen LogP contribution in [0, 0.1) is 0 Å². The van der Waals surface area contributed by atoms with E-state index in [4.69, 9.17) is 0 Å². The number of carbonyl (C=O) groups is 1. The normalized spacial score (nSPS) is 12.0. The number of allylic oxidation sites excluding steroid dienone is 1. The molecule has 0 aliphatic carbocycles. The fourth-order valence-corrected chi connectivity index (χ4v) is 2.51. The molecule has 0 spiro atoms. The first-order valence-corrected chi connectivity index (χ1v) is 8.66. The number of carbonyl (C=O) groups excluding carboxylic acids is 1. The highest BCUT2D eigenvalue weighted by molar-refractivity contribution is 5.77.